The van der Waals surface area contributed by atoms with E-state index in [0.29, 0.717) is 17.1 Å². The SMILES string of the molecule is Cc1cc(/C=C/C#N)cc(Oc2c(C(C)C)c(=O)[nH]c(=O)n2Cc2cc(C)nc(N)c2)c1. The second-order valence-electron chi connectivity index (χ2n) is 7.90. The standard InChI is InChI=1S/C24H25N5O3/c1-14(2)21-22(30)28-24(31)29(13-18-10-16(4)27-20(26)12-18)23(21)32-19-9-15(3)8-17(11-19)6-5-7-25/h5-6,8-12,14H,13H2,1-4H3,(H2,26,27)(H,28,30,31)/b6-5+. The lowest BCUT2D eigenvalue weighted by atomic mass is 10.1. The molecule has 0 amide bonds. The Hall–Kier alpha value is -4.12. The van der Waals surface area contributed by atoms with E-state index in [4.69, 9.17) is 15.7 Å². The van der Waals surface area contributed by atoms with Gasteiger partial charge >= 0.3 is 5.69 Å². The van der Waals surface area contributed by atoms with Gasteiger partial charge in [-0.25, -0.2) is 9.78 Å². The average molecular weight is 431 g/mol. The maximum Gasteiger partial charge on any atom is 0.331 e. The molecule has 0 radical (unpaired) electrons. The van der Waals surface area contributed by atoms with Crippen LogP contribution in [0.4, 0.5) is 5.82 Å². The summed E-state index contributed by atoms with van der Waals surface area (Å²) in [7, 11) is 0. The third-order valence-corrected chi connectivity index (χ3v) is 4.77. The fourth-order valence-corrected chi connectivity index (χ4v) is 3.55. The molecule has 164 valence electrons. The highest BCUT2D eigenvalue weighted by molar-refractivity contribution is 5.55. The number of aromatic nitrogens is 3. The Kier molecular flexibility index (Phi) is 6.59. The summed E-state index contributed by atoms with van der Waals surface area (Å²) in [5, 5.41) is 8.82. The zero-order chi connectivity index (χ0) is 23.4. The monoisotopic (exact) mass is 431 g/mol. The predicted octanol–water partition coefficient (Wildman–Crippen LogP) is 3.63. The number of anilines is 1. The quantitative estimate of drug-likeness (QED) is 0.574. The van der Waals surface area contributed by atoms with Crippen molar-refractivity contribution in [1.29, 1.82) is 5.26 Å². The van der Waals surface area contributed by atoms with Crippen LogP contribution in [-0.2, 0) is 6.54 Å². The van der Waals surface area contributed by atoms with Crippen LogP contribution in [0.1, 0.15) is 47.7 Å². The molecule has 0 saturated heterocycles. The summed E-state index contributed by atoms with van der Waals surface area (Å²) in [5.41, 5.74) is 8.31. The summed E-state index contributed by atoms with van der Waals surface area (Å²) in [6.45, 7) is 7.57. The van der Waals surface area contributed by atoms with E-state index in [1.54, 1.807) is 24.3 Å². The van der Waals surface area contributed by atoms with E-state index in [2.05, 4.69) is 9.97 Å². The Morgan fingerprint density at radius 2 is 1.97 bits per heavy atom. The van der Waals surface area contributed by atoms with Crippen molar-refractivity contribution in [3.63, 3.8) is 0 Å². The van der Waals surface area contributed by atoms with Crippen LogP contribution >= 0.6 is 0 Å². The van der Waals surface area contributed by atoms with Crippen LogP contribution in [0.5, 0.6) is 11.6 Å². The predicted molar refractivity (Wildman–Crippen MR) is 124 cm³/mol. The molecule has 0 fully saturated rings. The van der Waals surface area contributed by atoms with Crippen molar-refractivity contribution in [2.75, 3.05) is 5.73 Å². The van der Waals surface area contributed by atoms with E-state index in [1.807, 2.05) is 45.9 Å². The van der Waals surface area contributed by atoms with Crippen LogP contribution in [0.15, 0.2) is 46.0 Å². The van der Waals surface area contributed by atoms with Gasteiger partial charge in [-0.05, 0) is 66.8 Å². The maximum absolute atomic E-state index is 12.8. The molecule has 0 saturated carbocycles. The van der Waals surface area contributed by atoms with E-state index in [1.165, 1.54) is 10.6 Å². The number of hydrogen-bond acceptors (Lipinski definition) is 6. The number of nitrogens with two attached hydrogens (primary N) is 1. The number of ether oxygens (including phenoxy) is 1. The molecule has 3 N–H and O–H groups in total. The van der Waals surface area contributed by atoms with Gasteiger partial charge in [0.05, 0.1) is 18.2 Å². The van der Waals surface area contributed by atoms with Crippen molar-refractivity contribution in [2.45, 2.75) is 40.2 Å². The number of allylic oxidation sites excluding steroid dienone is 1. The summed E-state index contributed by atoms with van der Waals surface area (Å²) in [6.07, 6.45) is 3.04. The van der Waals surface area contributed by atoms with Gasteiger partial charge in [-0.3, -0.25) is 14.3 Å². The molecule has 3 rings (SSSR count). The highest BCUT2D eigenvalue weighted by Gasteiger charge is 2.20. The highest BCUT2D eigenvalue weighted by Crippen LogP contribution is 2.29. The second-order valence-corrected chi connectivity index (χ2v) is 7.90. The van der Waals surface area contributed by atoms with Crippen molar-refractivity contribution in [2.24, 2.45) is 0 Å². The Morgan fingerprint density at radius 3 is 2.62 bits per heavy atom. The Balaban J connectivity index is 2.18. The first kappa shape index (κ1) is 22.6. The summed E-state index contributed by atoms with van der Waals surface area (Å²) in [6, 6.07) is 10.9. The van der Waals surface area contributed by atoms with Crippen molar-refractivity contribution in [1.82, 2.24) is 14.5 Å². The molecule has 0 atom stereocenters. The fourth-order valence-electron chi connectivity index (χ4n) is 3.55. The molecule has 0 aliphatic heterocycles. The molecule has 8 nitrogen and oxygen atoms in total. The normalized spacial score (nSPS) is 11.1. The number of nitrogen functional groups attached to an aromatic ring is 1. The molecule has 32 heavy (non-hydrogen) atoms. The lowest BCUT2D eigenvalue weighted by Gasteiger charge is -2.19. The van der Waals surface area contributed by atoms with Gasteiger partial charge in [0, 0.05) is 11.8 Å². The Morgan fingerprint density at radius 1 is 1.22 bits per heavy atom. The molecule has 2 aromatic heterocycles. The number of benzene rings is 1. The van der Waals surface area contributed by atoms with E-state index < -0.39 is 11.2 Å². The summed E-state index contributed by atoms with van der Waals surface area (Å²) < 4.78 is 7.56. The van der Waals surface area contributed by atoms with Crippen molar-refractivity contribution in [3.05, 3.63) is 85.2 Å². The molecule has 8 heteroatoms. The third-order valence-electron chi connectivity index (χ3n) is 4.77. The Bertz CT molecular complexity index is 1320. The number of hydrogen-bond donors (Lipinski definition) is 2. The molecule has 0 bridgehead atoms. The number of rotatable bonds is 6. The minimum absolute atomic E-state index is 0.144. The minimum Gasteiger partial charge on any atom is -0.440 e. The summed E-state index contributed by atoms with van der Waals surface area (Å²) >= 11 is 0. The van der Waals surface area contributed by atoms with Crippen LogP contribution in [0, 0.1) is 25.2 Å². The minimum atomic E-state index is -0.584. The number of nitrogens with one attached hydrogen (secondary N) is 1. The second kappa shape index (κ2) is 9.35. The lowest BCUT2D eigenvalue weighted by Crippen LogP contribution is -2.34. The van der Waals surface area contributed by atoms with Gasteiger partial charge < -0.3 is 10.5 Å². The molecule has 0 aliphatic rings. The van der Waals surface area contributed by atoms with E-state index in [9.17, 15) is 9.59 Å². The van der Waals surface area contributed by atoms with Crippen molar-refractivity contribution in [3.8, 4) is 17.7 Å². The largest absolute Gasteiger partial charge is 0.440 e. The molecule has 0 aliphatic carbocycles. The van der Waals surface area contributed by atoms with Gasteiger partial charge in [0.2, 0.25) is 5.88 Å². The highest BCUT2D eigenvalue weighted by atomic mass is 16.5. The number of pyridine rings is 1. The number of aromatic amines is 1. The molecule has 1 aromatic carbocycles. The molecular weight excluding hydrogens is 406 g/mol. The van der Waals surface area contributed by atoms with Crippen molar-refractivity contribution >= 4 is 11.9 Å². The zero-order valence-corrected chi connectivity index (χ0v) is 18.5. The third kappa shape index (κ3) is 5.13. The van der Waals surface area contributed by atoms with Crippen LogP contribution in [-0.4, -0.2) is 14.5 Å². The van der Waals surface area contributed by atoms with E-state index >= 15 is 0 Å². The molecule has 3 aromatic rings. The van der Waals surface area contributed by atoms with Gasteiger partial charge in [0.1, 0.15) is 11.6 Å². The number of aryl methyl sites for hydroxylation is 2. The molecular formula is C24H25N5O3. The van der Waals surface area contributed by atoms with Gasteiger partial charge in [0.15, 0.2) is 0 Å². The van der Waals surface area contributed by atoms with Gasteiger partial charge in [0.25, 0.3) is 5.56 Å². The molecule has 2 heterocycles. The number of H-pyrrole nitrogens is 1. The topological polar surface area (TPSA) is 127 Å². The first-order chi connectivity index (χ1) is 15.2. The summed E-state index contributed by atoms with van der Waals surface area (Å²) in [4.78, 5) is 32.0. The lowest BCUT2D eigenvalue weighted by molar-refractivity contribution is 0.410. The summed E-state index contributed by atoms with van der Waals surface area (Å²) in [5.74, 6) is 0.764. The van der Waals surface area contributed by atoms with Gasteiger partial charge in [-0.15, -0.1) is 0 Å². The van der Waals surface area contributed by atoms with Crippen LogP contribution in [0.3, 0.4) is 0 Å². The first-order valence-corrected chi connectivity index (χ1v) is 10.1. The molecule has 0 unspecified atom stereocenters. The van der Waals surface area contributed by atoms with E-state index in [0.717, 1.165) is 22.4 Å². The number of nitrogens with zero attached hydrogens (tertiary/aromatic N) is 3. The van der Waals surface area contributed by atoms with Crippen LogP contribution in [0.2, 0.25) is 0 Å². The Labute approximate surface area is 185 Å². The van der Waals surface area contributed by atoms with E-state index in [-0.39, 0.29) is 18.3 Å². The van der Waals surface area contributed by atoms with Gasteiger partial charge in [-0.1, -0.05) is 19.9 Å². The number of nitriles is 1. The van der Waals surface area contributed by atoms with Crippen LogP contribution < -0.4 is 21.7 Å². The van der Waals surface area contributed by atoms with Crippen molar-refractivity contribution < 1.29 is 4.74 Å². The van der Waals surface area contributed by atoms with Gasteiger partial charge in [-0.2, -0.15) is 5.26 Å². The molecule has 0 spiro atoms. The maximum atomic E-state index is 12.8. The average Bonchev–Trinajstić information content (AvgIpc) is 2.67. The zero-order valence-electron chi connectivity index (χ0n) is 18.5. The smallest absolute Gasteiger partial charge is 0.331 e. The fraction of sp³-hybridized carbons (Fsp3) is 0.250. The van der Waals surface area contributed by atoms with Crippen LogP contribution in [0.25, 0.3) is 6.08 Å². The first-order valence-electron chi connectivity index (χ1n) is 10.1.